The van der Waals surface area contributed by atoms with Gasteiger partial charge in [-0.3, -0.25) is 14.6 Å². The van der Waals surface area contributed by atoms with E-state index in [1.54, 1.807) is 6.20 Å². The van der Waals surface area contributed by atoms with Crippen LogP contribution in [0, 0.1) is 5.41 Å². The molecule has 1 atom stereocenters. The van der Waals surface area contributed by atoms with Crippen LogP contribution in [-0.2, 0) is 4.79 Å². The van der Waals surface area contributed by atoms with Gasteiger partial charge in [-0.1, -0.05) is 20.8 Å². The van der Waals surface area contributed by atoms with Crippen LogP contribution in [-0.4, -0.2) is 71.2 Å². The Morgan fingerprint density at radius 2 is 2.00 bits per heavy atom. The smallest absolute Gasteiger partial charge is 0.240 e. The largest absolute Gasteiger partial charge is 0.391 e. The number of hydrogen-bond donors (Lipinski definition) is 2. The number of aliphatic hydroxyl groups is 1. The number of carbonyl (C=O) groups is 1. The van der Waals surface area contributed by atoms with Crippen molar-refractivity contribution in [2.75, 3.05) is 44.6 Å². The highest BCUT2D eigenvalue weighted by molar-refractivity contribution is 7.13. The van der Waals surface area contributed by atoms with Crippen molar-refractivity contribution in [3.05, 3.63) is 11.6 Å². The summed E-state index contributed by atoms with van der Waals surface area (Å²) in [4.78, 5) is 20.4. The van der Waals surface area contributed by atoms with E-state index < -0.39 is 0 Å². The summed E-state index contributed by atoms with van der Waals surface area (Å²) in [5.74, 6) is -0.0156. The second-order valence-corrected chi connectivity index (χ2v) is 7.74. The van der Waals surface area contributed by atoms with E-state index in [9.17, 15) is 9.90 Å². The number of amides is 1. The van der Waals surface area contributed by atoms with E-state index in [1.807, 2.05) is 5.38 Å². The quantitative estimate of drug-likeness (QED) is 0.848. The van der Waals surface area contributed by atoms with Crippen molar-refractivity contribution in [2.45, 2.75) is 26.9 Å². The molecule has 0 aromatic carbocycles. The lowest BCUT2D eigenvalue weighted by atomic mass is 9.89. The minimum Gasteiger partial charge on any atom is -0.391 e. The highest BCUT2D eigenvalue weighted by Crippen LogP contribution is 2.20. The summed E-state index contributed by atoms with van der Waals surface area (Å²) in [6.07, 6.45) is 1.35. The lowest BCUT2D eigenvalue weighted by molar-refractivity contribution is -0.117. The lowest BCUT2D eigenvalue weighted by Crippen LogP contribution is -2.51. The van der Waals surface area contributed by atoms with Gasteiger partial charge in [-0.25, -0.2) is 4.98 Å². The fourth-order valence-corrected chi connectivity index (χ4v) is 2.84. The number of aromatic nitrogens is 1. The average molecular weight is 326 g/mol. The van der Waals surface area contributed by atoms with Crippen LogP contribution in [0.3, 0.4) is 0 Å². The maximum absolute atomic E-state index is 11.9. The fraction of sp³-hybridized carbons (Fsp3) is 0.733. The van der Waals surface area contributed by atoms with Gasteiger partial charge in [0.1, 0.15) is 0 Å². The average Bonchev–Trinajstić information content (AvgIpc) is 2.92. The summed E-state index contributed by atoms with van der Waals surface area (Å²) in [7, 11) is 0. The van der Waals surface area contributed by atoms with Crippen LogP contribution in [0.5, 0.6) is 0 Å². The molecule has 1 aliphatic rings. The first kappa shape index (κ1) is 17.3. The number of hydrogen-bond acceptors (Lipinski definition) is 6. The van der Waals surface area contributed by atoms with E-state index in [0.29, 0.717) is 18.2 Å². The lowest BCUT2D eigenvalue weighted by Gasteiger charge is -2.37. The Morgan fingerprint density at radius 3 is 2.55 bits per heavy atom. The van der Waals surface area contributed by atoms with Crippen LogP contribution in [0.4, 0.5) is 5.13 Å². The molecule has 1 fully saturated rings. The van der Waals surface area contributed by atoms with Gasteiger partial charge in [0, 0.05) is 44.3 Å². The van der Waals surface area contributed by atoms with Crippen LogP contribution < -0.4 is 5.32 Å². The van der Waals surface area contributed by atoms with E-state index in [1.165, 1.54) is 11.3 Å². The number of piperazine rings is 1. The van der Waals surface area contributed by atoms with Crippen molar-refractivity contribution in [1.29, 1.82) is 0 Å². The van der Waals surface area contributed by atoms with Crippen molar-refractivity contribution in [3.8, 4) is 0 Å². The summed E-state index contributed by atoms with van der Waals surface area (Å²) in [6, 6.07) is 0. The first-order valence-electron chi connectivity index (χ1n) is 7.67. The Bertz CT molecular complexity index is 464. The van der Waals surface area contributed by atoms with Gasteiger partial charge in [0.15, 0.2) is 5.13 Å². The van der Waals surface area contributed by atoms with E-state index in [-0.39, 0.29) is 17.4 Å². The second kappa shape index (κ2) is 7.50. The number of β-amino-alcohol motifs (C(OH)–C–C–N with tert-alkyl or cyclic N) is 1. The number of nitrogens with one attached hydrogen (secondary N) is 1. The number of anilines is 1. The van der Waals surface area contributed by atoms with Gasteiger partial charge in [-0.05, 0) is 5.41 Å². The summed E-state index contributed by atoms with van der Waals surface area (Å²) in [5.41, 5.74) is -0.0925. The number of carbonyl (C=O) groups excluding carboxylic acids is 1. The normalized spacial score (nSPS) is 19.1. The molecule has 2 rings (SSSR count). The summed E-state index contributed by atoms with van der Waals surface area (Å²) in [5, 5.41) is 15.5. The molecule has 0 spiro atoms. The van der Waals surface area contributed by atoms with Crippen molar-refractivity contribution in [2.24, 2.45) is 5.41 Å². The molecule has 2 heterocycles. The molecule has 0 bridgehead atoms. The predicted octanol–water partition coefficient (Wildman–Crippen LogP) is 1.11. The minimum atomic E-state index is -0.327. The number of thiazole rings is 1. The molecule has 6 nitrogen and oxygen atoms in total. The van der Waals surface area contributed by atoms with Crippen LogP contribution >= 0.6 is 11.3 Å². The highest BCUT2D eigenvalue weighted by Gasteiger charge is 2.26. The van der Waals surface area contributed by atoms with Crippen molar-refractivity contribution in [3.63, 3.8) is 0 Å². The molecule has 0 unspecified atom stereocenters. The van der Waals surface area contributed by atoms with Gasteiger partial charge in [0.2, 0.25) is 5.91 Å². The summed E-state index contributed by atoms with van der Waals surface area (Å²) < 4.78 is 0. The van der Waals surface area contributed by atoms with Gasteiger partial charge >= 0.3 is 0 Å². The van der Waals surface area contributed by atoms with Crippen molar-refractivity contribution < 1.29 is 9.90 Å². The molecule has 0 aliphatic carbocycles. The van der Waals surface area contributed by atoms with E-state index in [0.717, 1.165) is 26.2 Å². The molecule has 2 N–H and O–H groups in total. The minimum absolute atomic E-state index is 0.0156. The monoisotopic (exact) mass is 326 g/mol. The van der Waals surface area contributed by atoms with Gasteiger partial charge in [-0.2, -0.15) is 0 Å². The number of aliphatic hydroxyl groups excluding tert-OH is 1. The zero-order chi connectivity index (χ0) is 16.2. The maximum atomic E-state index is 11.9. The third-order valence-corrected chi connectivity index (χ3v) is 4.63. The molecular weight excluding hydrogens is 300 g/mol. The molecule has 1 aromatic heterocycles. The standard InChI is InChI=1S/C15H26N4O2S/c1-15(2,3)12(20)10-18-5-7-19(8-6-18)11-13(21)17-14-16-4-9-22-14/h4,9,12,20H,5-8,10-11H2,1-3H3,(H,16,17,21)/t12-/m1/s1. The van der Waals surface area contributed by atoms with Gasteiger partial charge in [0.05, 0.1) is 12.6 Å². The zero-order valence-electron chi connectivity index (χ0n) is 13.6. The van der Waals surface area contributed by atoms with E-state index >= 15 is 0 Å². The Hall–Kier alpha value is -1.02. The summed E-state index contributed by atoms with van der Waals surface area (Å²) >= 11 is 1.43. The molecule has 1 saturated heterocycles. The SMILES string of the molecule is CC(C)(C)[C@H](O)CN1CCN(CC(=O)Nc2nccs2)CC1. The van der Waals surface area contributed by atoms with Crippen LogP contribution in [0.15, 0.2) is 11.6 Å². The second-order valence-electron chi connectivity index (χ2n) is 6.84. The molecule has 7 heteroatoms. The molecule has 1 aliphatic heterocycles. The van der Waals surface area contributed by atoms with Crippen LogP contribution in [0.1, 0.15) is 20.8 Å². The molecule has 124 valence electrons. The molecule has 1 amide bonds. The molecular formula is C15H26N4O2S. The Balaban J connectivity index is 1.70. The van der Waals surface area contributed by atoms with Crippen molar-refractivity contribution >= 4 is 22.4 Å². The van der Waals surface area contributed by atoms with Crippen molar-refractivity contribution in [1.82, 2.24) is 14.8 Å². The van der Waals surface area contributed by atoms with Gasteiger partial charge < -0.3 is 10.4 Å². The van der Waals surface area contributed by atoms with Gasteiger partial charge in [0.25, 0.3) is 0 Å². The predicted molar refractivity (Wildman–Crippen MR) is 89.1 cm³/mol. The van der Waals surface area contributed by atoms with Crippen LogP contribution in [0.25, 0.3) is 0 Å². The molecule has 1 aromatic rings. The third kappa shape index (κ3) is 5.31. The number of nitrogens with zero attached hydrogens (tertiary/aromatic N) is 3. The van der Waals surface area contributed by atoms with E-state index in [4.69, 9.17) is 0 Å². The fourth-order valence-electron chi connectivity index (χ4n) is 2.30. The maximum Gasteiger partial charge on any atom is 0.240 e. The molecule has 22 heavy (non-hydrogen) atoms. The Labute approximate surface area is 136 Å². The summed E-state index contributed by atoms with van der Waals surface area (Å²) in [6.45, 7) is 10.7. The third-order valence-electron chi connectivity index (χ3n) is 3.94. The Morgan fingerprint density at radius 1 is 1.36 bits per heavy atom. The topological polar surface area (TPSA) is 68.7 Å². The first-order chi connectivity index (χ1) is 10.3. The Kier molecular flexibility index (Phi) is 5.91. The molecule has 0 radical (unpaired) electrons. The number of rotatable bonds is 5. The zero-order valence-corrected chi connectivity index (χ0v) is 14.4. The first-order valence-corrected chi connectivity index (χ1v) is 8.54. The van der Waals surface area contributed by atoms with Gasteiger partial charge in [-0.15, -0.1) is 11.3 Å². The van der Waals surface area contributed by atoms with Crippen LogP contribution in [0.2, 0.25) is 0 Å². The van der Waals surface area contributed by atoms with E-state index in [2.05, 4.69) is 40.9 Å². The highest BCUT2D eigenvalue weighted by atomic mass is 32.1. The molecule has 0 saturated carbocycles.